The maximum absolute atomic E-state index is 12.8. The fraction of sp³-hybridized carbons (Fsp3) is 0.0952. The standard InChI is InChI=1S/C21H16BrN3O2/c1-24-19-15(13-8-4-3-5-9-13)12-17(14-10-6-7-11-16(14)22)23-18(19)20(26)25(2)21(24)27/h3-12H,1-2H3. The molecular weight excluding hydrogens is 406 g/mol. The zero-order chi connectivity index (χ0) is 19.1. The summed E-state index contributed by atoms with van der Waals surface area (Å²) in [5.41, 5.74) is 3.29. The zero-order valence-electron chi connectivity index (χ0n) is 14.8. The third-order valence-corrected chi connectivity index (χ3v) is 5.34. The predicted molar refractivity (Wildman–Crippen MR) is 111 cm³/mol. The highest BCUT2D eigenvalue weighted by molar-refractivity contribution is 9.10. The predicted octanol–water partition coefficient (Wildman–Crippen LogP) is 3.73. The summed E-state index contributed by atoms with van der Waals surface area (Å²) in [5.74, 6) is 0. The summed E-state index contributed by atoms with van der Waals surface area (Å²) in [7, 11) is 3.13. The molecule has 134 valence electrons. The van der Waals surface area contributed by atoms with E-state index in [0.717, 1.165) is 25.7 Å². The molecule has 0 radical (unpaired) electrons. The van der Waals surface area contributed by atoms with E-state index in [9.17, 15) is 9.59 Å². The Labute approximate surface area is 163 Å². The Morgan fingerprint density at radius 1 is 0.852 bits per heavy atom. The van der Waals surface area contributed by atoms with Crippen LogP contribution in [0, 0.1) is 0 Å². The van der Waals surface area contributed by atoms with E-state index in [1.165, 1.54) is 11.6 Å². The van der Waals surface area contributed by atoms with Crippen molar-refractivity contribution in [2.24, 2.45) is 14.1 Å². The largest absolute Gasteiger partial charge is 0.331 e. The summed E-state index contributed by atoms with van der Waals surface area (Å²) in [6.45, 7) is 0. The topological polar surface area (TPSA) is 56.9 Å². The van der Waals surface area contributed by atoms with Gasteiger partial charge in [0.05, 0.1) is 11.2 Å². The maximum atomic E-state index is 12.8. The van der Waals surface area contributed by atoms with E-state index < -0.39 is 5.56 Å². The van der Waals surface area contributed by atoms with Crippen LogP contribution in [-0.2, 0) is 14.1 Å². The van der Waals surface area contributed by atoms with E-state index in [1.54, 1.807) is 7.05 Å². The number of benzene rings is 2. The number of aromatic nitrogens is 3. The molecule has 0 aliphatic rings. The molecule has 0 N–H and O–H groups in total. The molecule has 0 aliphatic heterocycles. The lowest BCUT2D eigenvalue weighted by Crippen LogP contribution is -2.37. The lowest BCUT2D eigenvalue weighted by molar-refractivity contribution is 0.711. The minimum atomic E-state index is -0.404. The molecule has 2 aromatic heterocycles. The smallest absolute Gasteiger partial charge is 0.294 e. The monoisotopic (exact) mass is 421 g/mol. The van der Waals surface area contributed by atoms with Gasteiger partial charge in [-0.2, -0.15) is 0 Å². The number of nitrogens with zero attached hydrogens (tertiary/aromatic N) is 3. The van der Waals surface area contributed by atoms with Crippen LogP contribution in [0.3, 0.4) is 0 Å². The van der Waals surface area contributed by atoms with Crippen molar-refractivity contribution in [2.75, 3.05) is 0 Å². The second-order valence-corrected chi connectivity index (χ2v) is 7.16. The molecule has 0 atom stereocenters. The SMILES string of the molecule is Cn1c(=O)c2nc(-c3ccccc3Br)cc(-c3ccccc3)c2n(C)c1=O. The number of aryl methyl sites for hydroxylation is 1. The van der Waals surface area contributed by atoms with Gasteiger partial charge in [0.1, 0.15) is 0 Å². The Bertz CT molecular complexity index is 1290. The summed E-state index contributed by atoms with van der Waals surface area (Å²) < 4.78 is 3.46. The van der Waals surface area contributed by atoms with Crippen LogP contribution in [0.25, 0.3) is 33.4 Å². The second kappa shape index (κ2) is 6.63. The van der Waals surface area contributed by atoms with Crippen molar-refractivity contribution in [1.82, 2.24) is 14.1 Å². The first-order chi connectivity index (χ1) is 13.0. The molecule has 4 rings (SSSR count). The third kappa shape index (κ3) is 2.82. The fourth-order valence-electron chi connectivity index (χ4n) is 3.24. The number of rotatable bonds is 2. The van der Waals surface area contributed by atoms with E-state index in [4.69, 9.17) is 0 Å². The average molecular weight is 422 g/mol. The van der Waals surface area contributed by atoms with Crippen molar-refractivity contribution in [3.63, 3.8) is 0 Å². The first-order valence-electron chi connectivity index (χ1n) is 8.40. The van der Waals surface area contributed by atoms with Crippen LogP contribution < -0.4 is 11.2 Å². The normalized spacial score (nSPS) is 11.1. The summed E-state index contributed by atoms with van der Waals surface area (Å²) in [6.07, 6.45) is 0. The van der Waals surface area contributed by atoms with Crippen molar-refractivity contribution in [1.29, 1.82) is 0 Å². The van der Waals surface area contributed by atoms with Gasteiger partial charge in [-0.05, 0) is 17.7 Å². The molecule has 5 nitrogen and oxygen atoms in total. The molecule has 0 unspecified atom stereocenters. The molecule has 4 aromatic rings. The molecule has 27 heavy (non-hydrogen) atoms. The van der Waals surface area contributed by atoms with E-state index in [0.29, 0.717) is 11.2 Å². The minimum absolute atomic E-state index is 0.270. The summed E-state index contributed by atoms with van der Waals surface area (Å²) in [5, 5.41) is 0. The summed E-state index contributed by atoms with van der Waals surface area (Å²) >= 11 is 3.56. The Kier molecular flexibility index (Phi) is 4.28. The molecule has 0 amide bonds. The third-order valence-electron chi connectivity index (χ3n) is 4.64. The minimum Gasteiger partial charge on any atom is -0.294 e. The molecule has 2 aromatic carbocycles. The molecular formula is C21H16BrN3O2. The highest BCUT2D eigenvalue weighted by Gasteiger charge is 2.17. The van der Waals surface area contributed by atoms with Crippen molar-refractivity contribution in [3.05, 3.63) is 86.0 Å². The van der Waals surface area contributed by atoms with Crippen molar-refractivity contribution < 1.29 is 0 Å². The quantitative estimate of drug-likeness (QED) is 0.495. The second-order valence-electron chi connectivity index (χ2n) is 6.30. The van der Waals surface area contributed by atoms with Crippen LogP contribution >= 0.6 is 15.9 Å². The summed E-state index contributed by atoms with van der Waals surface area (Å²) in [6, 6.07) is 19.4. The van der Waals surface area contributed by atoms with Crippen molar-refractivity contribution in [2.45, 2.75) is 0 Å². The highest BCUT2D eigenvalue weighted by atomic mass is 79.9. The molecule has 2 heterocycles. The van der Waals surface area contributed by atoms with Crippen LogP contribution in [0.4, 0.5) is 0 Å². The van der Waals surface area contributed by atoms with Gasteiger partial charge in [-0.15, -0.1) is 0 Å². The number of pyridine rings is 1. The summed E-state index contributed by atoms with van der Waals surface area (Å²) in [4.78, 5) is 29.9. The molecule has 0 saturated heterocycles. The van der Waals surface area contributed by atoms with Crippen LogP contribution in [0.1, 0.15) is 0 Å². The Morgan fingerprint density at radius 3 is 2.22 bits per heavy atom. The molecule has 0 saturated carbocycles. The van der Waals surface area contributed by atoms with Gasteiger partial charge >= 0.3 is 5.69 Å². The van der Waals surface area contributed by atoms with Gasteiger partial charge < -0.3 is 0 Å². The molecule has 0 spiro atoms. The number of hydrogen-bond acceptors (Lipinski definition) is 3. The number of hydrogen-bond donors (Lipinski definition) is 0. The number of fused-ring (bicyclic) bond motifs is 1. The first kappa shape index (κ1) is 17.4. The van der Waals surface area contributed by atoms with Gasteiger partial charge in [-0.1, -0.05) is 64.5 Å². The van der Waals surface area contributed by atoms with Crippen molar-refractivity contribution in [3.8, 4) is 22.4 Å². The maximum Gasteiger partial charge on any atom is 0.331 e. The molecule has 6 heteroatoms. The van der Waals surface area contributed by atoms with Gasteiger partial charge in [0, 0.05) is 29.7 Å². The van der Waals surface area contributed by atoms with Gasteiger partial charge in [0.15, 0.2) is 5.52 Å². The highest BCUT2D eigenvalue weighted by Crippen LogP contribution is 2.33. The molecule has 0 aliphatic carbocycles. The van der Waals surface area contributed by atoms with Gasteiger partial charge in [-0.25, -0.2) is 9.78 Å². The van der Waals surface area contributed by atoms with E-state index in [1.807, 2.05) is 60.7 Å². The molecule has 0 bridgehead atoms. The van der Waals surface area contributed by atoms with Crippen molar-refractivity contribution >= 4 is 27.0 Å². The number of halogens is 1. The Hall–Kier alpha value is -2.99. The van der Waals surface area contributed by atoms with Gasteiger partial charge in [-0.3, -0.25) is 13.9 Å². The van der Waals surface area contributed by atoms with Crippen LogP contribution in [0.5, 0.6) is 0 Å². The lowest BCUT2D eigenvalue weighted by atomic mass is 10.0. The fourth-order valence-corrected chi connectivity index (χ4v) is 3.73. The van der Waals surface area contributed by atoms with Crippen LogP contribution in [0.15, 0.2) is 74.7 Å². The van der Waals surface area contributed by atoms with Crippen LogP contribution in [0.2, 0.25) is 0 Å². The van der Waals surface area contributed by atoms with Crippen LogP contribution in [-0.4, -0.2) is 14.1 Å². The van der Waals surface area contributed by atoms with E-state index >= 15 is 0 Å². The Balaban J connectivity index is 2.21. The van der Waals surface area contributed by atoms with E-state index in [2.05, 4.69) is 20.9 Å². The lowest BCUT2D eigenvalue weighted by Gasteiger charge is -2.14. The van der Waals surface area contributed by atoms with Gasteiger partial charge in [0.2, 0.25) is 0 Å². The Morgan fingerprint density at radius 2 is 1.52 bits per heavy atom. The van der Waals surface area contributed by atoms with Gasteiger partial charge in [0.25, 0.3) is 5.56 Å². The molecule has 0 fully saturated rings. The first-order valence-corrected chi connectivity index (χ1v) is 9.19. The van der Waals surface area contributed by atoms with E-state index in [-0.39, 0.29) is 11.2 Å². The average Bonchev–Trinajstić information content (AvgIpc) is 2.70. The zero-order valence-corrected chi connectivity index (χ0v) is 16.4.